The lowest BCUT2D eigenvalue weighted by atomic mass is 9.32. The summed E-state index contributed by atoms with van der Waals surface area (Å²) in [6.45, 7) is 14.7. The van der Waals surface area contributed by atoms with Crippen molar-refractivity contribution in [1.29, 1.82) is 0 Å². The molecule has 0 spiro atoms. The molecule has 4 fully saturated rings. The van der Waals surface area contributed by atoms with Crippen LogP contribution in [0.3, 0.4) is 0 Å². The number of fused-ring (bicyclic) bond motifs is 7. The van der Waals surface area contributed by atoms with Gasteiger partial charge >= 0.3 is 5.97 Å². The van der Waals surface area contributed by atoms with E-state index in [2.05, 4.69) is 26.8 Å². The second-order valence-electron chi connectivity index (χ2n) is 14.9. The lowest BCUT2D eigenvalue weighted by molar-refractivity contribution is -0.279. The van der Waals surface area contributed by atoms with Crippen LogP contribution in [0.2, 0.25) is 0 Å². The zero-order valence-electron chi connectivity index (χ0n) is 23.2. The second-order valence-corrected chi connectivity index (χ2v) is 14.9. The second kappa shape index (κ2) is 7.58. The van der Waals surface area contributed by atoms with Crippen LogP contribution in [0.15, 0.2) is 11.6 Å². The first-order valence-corrected chi connectivity index (χ1v) is 14.1. The molecule has 0 aliphatic heterocycles. The lowest BCUT2D eigenvalue weighted by Crippen LogP contribution is -2.72. The highest BCUT2D eigenvalue weighted by Crippen LogP contribution is 2.76. The molecule has 12 atom stereocenters. The van der Waals surface area contributed by atoms with Crippen molar-refractivity contribution in [3.63, 3.8) is 0 Å². The molecule has 0 heterocycles. The van der Waals surface area contributed by atoms with Gasteiger partial charge in [0.05, 0.1) is 23.2 Å². The number of rotatable bonds is 1. The summed E-state index contributed by atoms with van der Waals surface area (Å²) in [5.41, 5.74) is -2.63. The largest absolute Gasteiger partial charge is 0.481 e. The quantitative estimate of drug-likeness (QED) is 0.343. The van der Waals surface area contributed by atoms with Gasteiger partial charge in [-0.25, -0.2) is 0 Å². The number of hydrogen-bond donors (Lipinski definition) is 5. The van der Waals surface area contributed by atoms with E-state index in [-0.39, 0.29) is 28.6 Å². The predicted octanol–water partition coefficient (Wildman–Crippen LogP) is 4.15. The van der Waals surface area contributed by atoms with Crippen LogP contribution in [0.5, 0.6) is 0 Å². The Bertz CT molecular complexity index is 986. The molecule has 4 saturated carbocycles. The predicted molar refractivity (Wildman–Crippen MR) is 137 cm³/mol. The van der Waals surface area contributed by atoms with Crippen molar-refractivity contribution in [2.75, 3.05) is 0 Å². The van der Waals surface area contributed by atoms with E-state index in [1.807, 2.05) is 27.7 Å². The molecular weight excluding hydrogens is 456 g/mol. The van der Waals surface area contributed by atoms with Crippen molar-refractivity contribution >= 4 is 5.97 Å². The molecule has 6 nitrogen and oxygen atoms in total. The van der Waals surface area contributed by atoms with Crippen molar-refractivity contribution < 1.29 is 30.3 Å². The summed E-state index contributed by atoms with van der Waals surface area (Å²) in [5, 5.41) is 55.9. The van der Waals surface area contributed by atoms with E-state index in [1.165, 1.54) is 0 Å². The van der Waals surface area contributed by atoms with Crippen LogP contribution >= 0.6 is 0 Å². The fourth-order valence-electron chi connectivity index (χ4n) is 10.9. The van der Waals surface area contributed by atoms with Crippen LogP contribution in [-0.2, 0) is 4.79 Å². The van der Waals surface area contributed by atoms with Crippen molar-refractivity contribution in [2.45, 2.75) is 117 Å². The number of carboxylic acid groups (broad SMARTS) is 1. The van der Waals surface area contributed by atoms with Gasteiger partial charge in [-0.2, -0.15) is 0 Å². The molecular formula is C30H48O6. The fourth-order valence-corrected chi connectivity index (χ4v) is 10.9. The normalized spacial score (nSPS) is 58.0. The van der Waals surface area contributed by atoms with Crippen LogP contribution < -0.4 is 0 Å². The molecule has 6 heteroatoms. The number of carbonyl (C=O) groups is 1. The topological polar surface area (TPSA) is 118 Å². The highest BCUT2D eigenvalue weighted by molar-refractivity contribution is 5.77. The summed E-state index contributed by atoms with van der Waals surface area (Å²) in [5.74, 6) is -1.10. The van der Waals surface area contributed by atoms with Gasteiger partial charge in [0.25, 0.3) is 0 Å². The summed E-state index contributed by atoms with van der Waals surface area (Å²) in [4.78, 5) is 12.8. The van der Waals surface area contributed by atoms with Crippen molar-refractivity contribution in [3.8, 4) is 0 Å². The van der Waals surface area contributed by atoms with Crippen LogP contribution in [0.25, 0.3) is 0 Å². The van der Waals surface area contributed by atoms with Gasteiger partial charge in [-0.3, -0.25) is 4.79 Å². The Morgan fingerprint density at radius 1 is 0.889 bits per heavy atom. The number of aliphatic hydroxyl groups is 4. The molecule has 5 aliphatic rings. The highest BCUT2D eigenvalue weighted by atomic mass is 16.4. The van der Waals surface area contributed by atoms with Gasteiger partial charge in [-0.05, 0) is 85.9 Å². The Labute approximate surface area is 216 Å². The SMILES string of the molecule is C[C@@H]1CC[C@]2(C(=O)O)CC[C@]3(C)C(=CC[C@@H]4[C@@]5(C)C(O)C(O)C(O)C(C)(C)C5CC[C@]43C)[C@@H]2[C@]1(C)O. The Hall–Kier alpha value is -0.950. The lowest BCUT2D eigenvalue weighted by Gasteiger charge is -2.72. The first-order chi connectivity index (χ1) is 16.4. The third-order valence-electron chi connectivity index (χ3n) is 13.6. The van der Waals surface area contributed by atoms with Crippen molar-refractivity contribution in [1.82, 2.24) is 0 Å². The maximum absolute atomic E-state index is 12.8. The molecule has 36 heavy (non-hydrogen) atoms. The number of carboxylic acids is 1. The van der Waals surface area contributed by atoms with Gasteiger partial charge in [-0.15, -0.1) is 0 Å². The molecule has 4 unspecified atom stereocenters. The third kappa shape index (κ3) is 2.80. The van der Waals surface area contributed by atoms with Gasteiger partial charge in [0.15, 0.2) is 0 Å². The van der Waals surface area contributed by atoms with Gasteiger partial charge in [0, 0.05) is 11.3 Å². The zero-order valence-corrected chi connectivity index (χ0v) is 23.2. The van der Waals surface area contributed by atoms with Gasteiger partial charge in [0.1, 0.15) is 6.10 Å². The molecule has 204 valence electrons. The van der Waals surface area contributed by atoms with E-state index in [1.54, 1.807) is 0 Å². The van der Waals surface area contributed by atoms with Gasteiger partial charge in [-0.1, -0.05) is 53.2 Å². The maximum atomic E-state index is 12.8. The summed E-state index contributed by atoms with van der Waals surface area (Å²) in [6.07, 6.45) is 4.02. The van der Waals surface area contributed by atoms with Gasteiger partial charge < -0.3 is 25.5 Å². The van der Waals surface area contributed by atoms with E-state index in [9.17, 15) is 30.3 Å². The van der Waals surface area contributed by atoms with Crippen molar-refractivity contribution in [2.24, 2.45) is 50.7 Å². The van der Waals surface area contributed by atoms with Crippen LogP contribution in [0.1, 0.15) is 93.4 Å². The molecule has 0 aromatic rings. The highest BCUT2D eigenvalue weighted by Gasteiger charge is 2.73. The number of aliphatic carboxylic acids is 1. The zero-order chi connectivity index (χ0) is 26.9. The first kappa shape index (κ1) is 26.6. The van der Waals surface area contributed by atoms with E-state index in [0.717, 1.165) is 24.8 Å². The summed E-state index contributed by atoms with van der Waals surface area (Å²) < 4.78 is 0. The molecule has 0 aromatic carbocycles. The minimum absolute atomic E-state index is 0.00890. The van der Waals surface area contributed by atoms with E-state index >= 15 is 0 Å². The Morgan fingerprint density at radius 3 is 2.14 bits per heavy atom. The Kier molecular flexibility index (Phi) is 5.61. The summed E-state index contributed by atoms with van der Waals surface area (Å²) in [7, 11) is 0. The Balaban J connectivity index is 1.67. The molecule has 5 aliphatic carbocycles. The molecule has 0 aromatic heterocycles. The third-order valence-corrected chi connectivity index (χ3v) is 13.6. The first-order valence-electron chi connectivity index (χ1n) is 14.1. The van der Waals surface area contributed by atoms with Gasteiger partial charge in [0.2, 0.25) is 0 Å². The van der Waals surface area contributed by atoms with Crippen LogP contribution in [0.4, 0.5) is 0 Å². The minimum atomic E-state index is -1.20. The number of allylic oxidation sites excluding steroid dienone is 1. The molecule has 0 amide bonds. The molecule has 5 rings (SSSR count). The average Bonchev–Trinajstić information content (AvgIpc) is 2.79. The monoisotopic (exact) mass is 504 g/mol. The fraction of sp³-hybridized carbons (Fsp3) is 0.900. The molecule has 5 N–H and O–H groups in total. The van der Waals surface area contributed by atoms with Crippen LogP contribution in [0, 0.1) is 50.7 Å². The molecule has 0 saturated heterocycles. The molecule has 0 bridgehead atoms. The number of aliphatic hydroxyl groups excluding tert-OH is 3. The van der Waals surface area contributed by atoms with Crippen molar-refractivity contribution in [3.05, 3.63) is 11.6 Å². The Morgan fingerprint density at radius 2 is 1.53 bits per heavy atom. The van der Waals surface area contributed by atoms with E-state index < -0.39 is 52.0 Å². The van der Waals surface area contributed by atoms with Crippen LogP contribution in [-0.4, -0.2) is 55.4 Å². The molecule has 0 radical (unpaired) electrons. The summed E-state index contributed by atoms with van der Waals surface area (Å²) >= 11 is 0. The minimum Gasteiger partial charge on any atom is -0.481 e. The smallest absolute Gasteiger partial charge is 0.310 e. The standard InChI is InChI=1S/C30H48O6/c1-16-10-13-30(24(34)35)15-14-26(4)17(21(30)29(16,7)36)8-9-19-27(26,5)12-11-18-25(2,3)22(32)20(31)23(33)28(18,19)6/h8,16,18-23,31-33,36H,9-15H2,1-7H3,(H,34,35)/t16-,18?,19+,20?,21-,22?,23?,26-,27-,28+,29-,30+/m1/s1. The van der Waals surface area contributed by atoms with E-state index in [4.69, 9.17) is 0 Å². The van der Waals surface area contributed by atoms with E-state index in [0.29, 0.717) is 25.7 Å². The summed E-state index contributed by atoms with van der Waals surface area (Å²) in [6, 6.07) is 0. The maximum Gasteiger partial charge on any atom is 0.310 e. The average molecular weight is 505 g/mol. The number of hydrogen-bond acceptors (Lipinski definition) is 5.